The van der Waals surface area contributed by atoms with Crippen molar-refractivity contribution in [1.82, 2.24) is 9.38 Å². The molecule has 0 radical (unpaired) electrons. The Morgan fingerprint density at radius 3 is 2.47 bits per heavy atom. The number of carbonyl (C=O) groups is 1. The lowest BCUT2D eigenvalue weighted by atomic mass is 10.0. The summed E-state index contributed by atoms with van der Waals surface area (Å²) in [6.07, 6.45) is 2.23. The Balaban J connectivity index is 1.73. The number of hydrogen-bond acceptors (Lipinski definition) is 2. The van der Waals surface area contributed by atoms with Crippen LogP contribution < -0.4 is 5.32 Å². The van der Waals surface area contributed by atoms with Gasteiger partial charge in [-0.05, 0) is 80.3 Å². The summed E-state index contributed by atoms with van der Waals surface area (Å²) in [7, 11) is 0. The standard InChI is InChI=1S/C25H24BrN3O/c1-15-9-10-29-22(14-24(30)27-20-8-6-17(3)21(26)13-20)25(28-23(29)11-15)19-7-5-16(2)18(4)12-19/h5-13H,14H2,1-4H3,(H,27,30). The number of fused-ring (bicyclic) bond motifs is 1. The minimum absolute atomic E-state index is 0.0711. The van der Waals surface area contributed by atoms with Crippen LogP contribution in [0.4, 0.5) is 5.69 Å². The normalized spacial score (nSPS) is 11.1. The first-order valence-electron chi connectivity index (χ1n) is 9.93. The second kappa shape index (κ2) is 8.07. The molecule has 4 aromatic rings. The number of aryl methyl sites for hydroxylation is 4. The van der Waals surface area contributed by atoms with Gasteiger partial charge in [-0.2, -0.15) is 0 Å². The van der Waals surface area contributed by atoms with Crippen molar-refractivity contribution in [3.63, 3.8) is 0 Å². The number of carbonyl (C=O) groups excluding carboxylic acids is 1. The molecule has 0 spiro atoms. The summed E-state index contributed by atoms with van der Waals surface area (Å²) in [5.74, 6) is -0.0711. The van der Waals surface area contributed by atoms with E-state index >= 15 is 0 Å². The molecule has 0 saturated heterocycles. The van der Waals surface area contributed by atoms with Crippen LogP contribution in [0.3, 0.4) is 0 Å². The number of hydrogen-bond donors (Lipinski definition) is 1. The van der Waals surface area contributed by atoms with Crippen LogP contribution in [0.15, 0.2) is 59.2 Å². The van der Waals surface area contributed by atoms with Crippen molar-refractivity contribution in [2.24, 2.45) is 0 Å². The van der Waals surface area contributed by atoms with Gasteiger partial charge in [0.2, 0.25) is 5.91 Å². The van der Waals surface area contributed by atoms with Crippen LogP contribution in [0.2, 0.25) is 0 Å². The monoisotopic (exact) mass is 461 g/mol. The Kier molecular flexibility index (Phi) is 5.48. The summed E-state index contributed by atoms with van der Waals surface area (Å²) in [6, 6.07) is 16.2. The van der Waals surface area contributed by atoms with E-state index in [-0.39, 0.29) is 12.3 Å². The lowest BCUT2D eigenvalue weighted by Crippen LogP contribution is -2.16. The van der Waals surface area contributed by atoms with E-state index in [1.807, 2.05) is 54.8 Å². The van der Waals surface area contributed by atoms with Crippen molar-refractivity contribution < 1.29 is 4.79 Å². The zero-order valence-electron chi connectivity index (χ0n) is 17.6. The van der Waals surface area contributed by atoms with Crippen LogP contribution >= 0.6 is 15.9 Å². The summed E-state index contributed by atoms with van der Waals surface area (Å²) >= 11 is 3.53. The summed E-state index contributed by atoms with van der Waals surface area (Å²) in [5.41, 5.74) is 9.10. The van der Waals surface area contributed by atoms with Crippen molar-refractivity contribution >= 4 is 33.2 Å². The molecule has 0 unspecified atom stereocenters. The predicted molar refractivity (Wildman–Crippen MR) is 126 cm³/mol. The maximum atomic E-state index is 12.9. The molecule has 4 nitrogen and oxygen atoms in total. The van der Waals surface area contributed by atoms with E-state index in [4.69, 9.17) is 4.98 Å². The van der Waals surface area contributed by atoms with Crippen molar-refractivity contribution in [1.29, 1.82) is 0 Å². The Morgan fingerprint density at radius 1 is 0.967 bits per heavy atom. The van der Waals surface area contributed by atoms with Crippen molar-refractivity contribution in [3.05, 3.63) is 87.1 Å². The average Bonchev–Trinajstić information content (AvgIpc) is 3.04. The molecule has 0 atom stereocenters. The highest BCUT2D eigenvalue weighted by Crippen LogP contribution is 2.28. The molecule has 1 amide bonds. The molecular formula is C25H24BrN3O. The molecule has 0 aliphatic rings. The highest BCUT2D eigenvalue weighted by molar-refractivity contribution is 9.10. The van der Waals surface area contributed by atoms with E-state index in [1.165, 1.54) is 11.1 Å². The first kappa shape index (κ1) is 20.4. The molecule has 2 aromatic heterocycles. The lowest BCUT2D eigenvalue weighted by molar-refractivity contribution is -0.115. The van der Waals surface area contributed by atoms with Gasteiger partial charge in [-0.15, -0.1) is 0 Å². The van der Waals surface area contributed by atoms with Crippen molar-refractivity contribution in [2.75, 3.05) is 5.32 Å². The van der Waals surface area contributed by atoms with E-state index in [0.29, 0.717) is 0 Å². The van der Waals surface area contributed by atoms with Gasteiger partial charge in [0.25, 0.3) is 0 Å². The SMILES string of the molecule is Cc1ccn2c(CC(=O)Nc3ccc(C)c(Br)c3)c(-c3ccc(C)c(C)c3)nc2c1. The summed E-state index contributed by atoms with van der Waals surface area (Å²) in [6.45, 7) is 8.26. The topological polar surface area (TPSA) is 46.4 Å². The molecule has 30 heavy (non-hydrogen) atoms. The second-order valence-corrected chi connectivity index (χ2v) is 8.68. The van der Waals surface area contributed by atoms with Crippen LogP contribution in [0.25, 0.3) is 16.9 Å². The van der Waals surface area contributed by atoms with Gasteiger partial charge >= 0.3 is 0 Å². The smallest absolute Gasteiger partial charge is 0.230 e. The van der Waals surface area contributed by atoms with E-state index < -0.39 is 0 Å². The predicted octanol–water partition coefficient (Wildman–Crippen LogP) is 6.18. The Bertz CT molecular complexity index is 1270. The Morgan fingerprint density at radius 2 is 1.73 bits per heavy atom. The first-order chi connectivity index (χ1) is 14.3. The molecule has 0 bridgehead atoms. The minimum atomic E-state index is -0.0711. The van der Waals surface area contributed by atoms with E-state index in [9.17, 15) is 4.79 Å². The number of nitrogens with one attached hydrogen (secondary N) is 1. The van der Waals surface area contributed by atoms with Crippen LogP contribution in [0.1, 0.15) is 27.9 Å². The number of anilines is 1. The van der Waals surface area contributed by atoms with Gasteiger partial charge in [0, 0.05) is 21.9 Å². The fourth-order valence-electron chi connectivity index (χ4n) is 3.51. The molecule has 152 valence electrons. The maximum absolute atomic E-state index is 12.9. The summed E-state index contributed by atoms with van der Waals surface area (Å²) < 4.78 is 2.99. The number of aromatic nitrogens is 2. The third-order valence-corrected chi connectivity index (χ3v) is 6.30. The van der Waals surface area contributed by atoms with Crippen molar-refractivity contribution in [3.8, 4) is 11.3 Å². The minimum Gasteiger partial charge on any atom is -0.326 e. The molecule has 0 aliphatic heterocycles. The molecule has 0 saturated carbocycles. The van der Waals surface area contributed by atoms with E-state index in [0.717, 1.165) is 43.9 Å². The van der Waals surface area contributed by atoms with E-state index in [1.54, 1.807) is 0 Å². The number of imidazole rings is 1. The van der Waals surface area contributed by atoms with E-state index in [2.05, 4.69) is 53.3 Å². The average molecular weight is 462 g/mol. The molecule has 0 aliphatic carbocycles. The third-order valence-electron chi connectivity index (χ3n) is 5.44. The zero-order valence-corrected chi connectivity index (χ0v) is 19.2. The van der Waals surface area contributed by atoms with Crippen LogP contribution in [-0.2, 0) is 11.2 Å². The first-order valence-corrected chi connectivity index (χ1v) is 10.7. The molecular weight excluding hydrogens is 438 g/mol. The quantitative estimate of drug-likeness (QED) is 0.394. The van der Waals surface area contributed by atoms with Crippen LogP contribution in [-0.4, -0.2) is 15.3 Å². The fraction of sp³-hybridized carbons (Fsp3) is 0.200. The fourth-order valence-corrected chi connectivity index (χ4v) is 3.89. The van der Waals surface area contributed by atoms with Gasteiger partial charge in [-0.1, -0.05) is 34.1 Å². The lowest BCUT2D eigenvalue weighted by Gasteiger charge is -2.09. The van der Waals surface area contributed by atoms with Crippen LogP contribution in [0, 0.1) is 27.7 Å². The van der Waals surface area contributed by atoms with Crippen molar-refractivity contribution in [2.45, 2.75) is 34.1 Å². The number of amides is 1. The van der Waals surface area contributed by atoms with Crippen LogP contribution in [0.5, 0.6) is 0 Å². The van der Waals surface area contributed by atoms with Gasteiger partial charge in [-0.3, -0.25) is 4.79 Å². The number of pyridine rings is 1. The summed E-state index contributed by atoms with van der Waals surface area (Å²) in [4.78, 5) is 17.8. The van der Waals surface area contributed by atoms with Gasteiger partial charge in [0.15, 0.2) is 0 Å². The molecule has 0 fully saturated rings. The van der Waals surface area contributed by atoms with Gasteiger partial charge in [0.1, 0.15) is 5.65 Å². The van der Waals surface area contributed by atoms with Gasteiger partial charge in [-0.25, -0.2) is 4.98 Å². The molecule has 1 N–H and O–H groups in total. The van der Waals surface area contributed by atoms with Gasteiger partial charge in [0.05, 0.1) is 17.8 Å². The highest BCUT2D eigenvalue weighted by Gasteiger charge is 2.18. The largest absolute Gasteiger partial charge is 0.326 e. The zero-order chi connectivity index (χ0) is 21.4. The molecule has 2 aromatic carbocycles. The summed E-state index contributed by atoms with van der Waals surface area (Å²) in [5, 5.41) is 3.01. The molecule has 2 heterocycles. The number of halogens is 1. The number of nitrogens with zero attached hydrogens (tertiary/aromatic N) is 2. The van der Waals surface area contributed by atoms with Gasteiger partial charge < -0.3 is 9.72 Å². The Hall–Kier alpha value is -2.92. The molecule has 5 heteroatoms. The molecule has 4 rings (SSSR count). The number of rotatable bonds is 4. The maximum Gasteiger partial charge on any atom is 0.230 e. The number of benzene rings is 2. The Labute approximate surface area is 185 Å². The third kappa shape index (κ3) is 4.03. The highest BCUT2D eigenvalue weighted by atomic mass is 79.9. The second-order valence-electron chi connectivity index (χ2n) is 7.83.